The number of hydrogen-bond acceptors (Lipinski definition) is 7. The Bertz CT molecular complexity index is 949. The zero-order chi connectivity index (χ0) is 20.8. The van der Waals surface area contributed by atoms with Crippen LogP contribution in [0.4, 0.5) is 11.5 Å². The van der Waals surface area contributed by atoms with Crippen molar-refractivity contribution >= 4 is 11.5 Å². The van der Waals surface area contributed by atoms with Gasteiger partial charge in [-0.2, -0.15) is 0 Å². The number of methoxy groups -OCH3 is 1. The highest BCUT2D eigenvalue weighted by molar-refractivity contribution is 5.81. The third kappa shape index (κ3) is 4.42. The molecule has 1 aromatic heterocycles. The van der Waals surface area contributed by atoms with Crippen molar-refractivity contribution in [1.82, 2.24) is 10.5 Å². The fourth-order valence-corrected chi connectivity index (χ4v) is 3.62. The maximum absolute atomic E-state index is 5.80. The molecule has 0 unspecified atom stereocenters. The lowest BCUT2D eigenvalue weighted by atomic mass is 10.00. The summed E-state index contributed by atoms with van der Waals surface area (Å²) in [5.41, 5.74) is 3.98. The molecular weight excluding hydrogens is 380 g/mol. The molecule has 2 aromatic carbocycles. The monoisotopic (exact) mass is 408 g/mol. The second-order valence-electron chi connectivity index (χ2n) is 7.06. The number of hydrogen-bond donors (Lipinski definition) is 2. The molecule has 0 aliphatic carbocycles. The molecule has 0 spiro atoms. The molecule has 3 aromatic rings. The Kier molecular flexibility index (Phi) is 6.51. The average molecular weight is 409 g/mol. The summed E-state index contributed by atoms with van der Waals surface area (Å²) >= 11 is 0. The van der Waals surface area contributed by atoms with Gasteiger partial charge in [-0.3, -0.25) is 0 Å². The number of aromatic nitrogens is 1. The number of anilines is 2. The van der Waals surface area contributed by atoms with Gasteiger partial charge in [0.1, 0.15) is 12.5 Å². The Morgan fingerprint density at radius 2 is 1.87 bits per heavy atom. The number of nitrogens with one attached hydrogen (secondary N) is 2. The summed E-state index contributed by atoms with van der Waals surface area (Å²) in [6.45, 7) is 6.92. The van der Waals surface area contributed by atoms with Gasteiger partial charge in [-0.25, -0.2) is 0 Å². The first-order chi connectivity index (χ1) is 14.8. The fourth-order valence-electron chi connectivity index (χ4n) is 3.62. The van der Waals surface area contributed by atoms with Crippen molar-refractivity contribution in [3.8, 4) is 28.2 Å². The van der Waals surface area contributed by atoms with E-state index in [1.807, 2.05) is 37.3 Å². The van der Waals surface area contributed by atoms with Crippen molar-refractivity contribution in [2.24, 2.45) is 0 Å². The summed E-state index contributed by atoms with van der Waals surface area (Å²) in [6, 6.07) is 16.3. The van der Waals surface area contributed by atoms with E-state index in [9.17, 15) is 0 Å². The van der Waals surface area contributed by atoms with Crippen LogP contribution in [0.1, 0.15) is 6.92 Å². The SMILES string of the molecule is CCOCNc1ccc(-c2cccc(-c3cc(N4CCNCC4)no3)c2OC)cc1. The third-order valence-electron chi connectivity index (χ3n) is 5.20. The lowest BCUT2D eigenvalue weighted by Gasteiger charge is -2.26. The van der Waals surface area contributed by atoms with Crippen LogP contribution in [0.2, 0.25) is 0 Å². The highest BCUT2D eigenvalue weighted by Crippen LogP contribution is 2.40. The molecule has 4 rings (SSSR count). The third-order valence-corrected chi connectivity index (χ3v) is 5.20. The minimum Gasteiger partial charge on any atom is -0.495 e. The van der Waals surface area contributed by atoms with Crippen LogP contribution in [0.15, 0.2) is 53.1 Å². The molecule has 7 nitrogen and oxygen atoms in total. The molecular formula is C23H28N4O3. The predicted octanol–water partition coefficient (Wildman–Crippen LogP) is 3.83. The molecule has 1 fully saturated rings. The molecule has 0 saturated carbocycles. The van der Waals surface area contributed by atoms with Crippen LogP contribution in [0, 0.1) is 0 Å². The van der Waals surface area contributed by atoms with Crippen LogP contribution >= 0.6 is 0 Å². The van der Waals surface area contributed by atoms with Gasteiger partial charge in [0.05, 0.1) is 12.7 Å². The van der Waals surface area contributed by atoms with Gasteiger partial charge in [0.25, 0.3) is 0 Å². The van der Waals surface area contributed by atoms with Crippen LogP contribution < -0.4 is 20.3 Å². The van der Waals surface area contributed by atoms with Crippen molar-refractivity contribution < 1.29 is 14.0 Å². The van der Waals surface area contributed by atoms with E-state index in [-0.39, 0.29) is 0 Å². The number of piperazine rings is 1. The molecule has 30 heavy (non-hydrogen) atoms. The first kappa shape index (κ1) is 20.3. The zero-order valence-electron chi connectivity index (χ0n) is 17.5. The Balaban J connectivity index is 1.59. The number of rotatable bonds is 8. The standard InChI is InChI=1S/C23H28N4O3/c1-3-29-16-25-18-9-7-17(8-10-18)19-5-4-6-20(23(19)28-2)21-15-22(26-30-21)27-13-11-24-12-14-27/h4-10,15,24-25H,3,11-14,16H2,1-2H3. The summed E-state index contributed by atoms with van der Waals surface area (Å²) in [5.74, 6) is 2.34. The van der Waals surface area contributed by atoms with E-state index >= 15 is 0 Å². The van der Waals surface area contributed by atoms with E-state index in [1.54, 1.807) is 7.11 Å². The van der Waals surface area contributed by atoms with E-state index in [0.717, 1.165) is 60.1 Å². The summed E-state index contributed by atoms with van der Waals surface area (Å²) < 4.78 is 16.8. The fraction of sp³-hybridized carbons (Fsp3) is 0.348. The van der Waals surface area contributed by atoms with E-state index in [4.69, 9.17) is 14.0 Å². The quantitative estimate of drug-likeness (QED) is 0.433. The topological polar surface area (TPSA) is 71.8 Å². The highest BCUT2D eigenvalue weighted by atomic mass is 16.5. The Hall–Kier alpha value is -3.03. The van der Waals surface area contributed by atoms with Crippen LogP contribution in [0.3, 0.4) is 0 Å². The lowest BCUT2D eigenvalue weighted by molar-refractivity contribution is 0.167. The number of nitrogens with zero attached hydrogens (tertiary/aromatic N) is 2. The molecule has 0 bridgehead atoms. The van der Waals surface area contributed by atoms with Crippen LogP contribution in [-0.2, 0) is 4.74 Å². The Labute approximate surface area is 177 Å². The zero-order valence-corrected chi connectivity index (χ0v) is 17.5. The largest absolute Gasteiger partial charge is 0.495 e. The minimum atomic E-state index is 0.496. The highest BCUT2D eigenvalue weighted by Gasteiger charge is 2.19. The van der Waals surface area contributed by atoms with Crippen LogP contribution in [0.25, 0.3) is 22.5 Å². The summed E-state index contributed by atoms with van der Waals surface area (Å²) in [6.07, 6.45) is 0. The molecule has 2 N–H and O–H groups in total. The molecule has 1 saturated heterocycles. The second-order valence-corrected chi connectivity index (χ2v) is 7.06. The van der Waals surface area contributed by atoms with Crippen molar-refractivity contribution in [3.05, 3.63) is 48.5 Å². The first-order valence-corrected chi connectivity index (χ1v) is 10.3. The molecule has 1 aliphatic heterocycles. The molecule has 0 amide bonds. The number of benzene rings is 2. The number of para-hydroxylation sites is 1. The normalized spacial score (nSPS) is 14.0. The summed E-state index contributed by atoms with van der Waals surface area (Å²) in [4.78, 5) is 2.23. The minimum absolute atomic E-state index is 0.496. The summed E-state index contributed by atoms with van der Waals surface area (Å²) in [5, 5.41) is 10.9. The summed E-state index contributed by atoms with van der Waals surface area (Å²) in [7, 11) is 1.69. The Morgan fingerprint density at radius 1 is 1.10 bits per heavy atom. The van der Waals surface area contributed by atoms with Crippen molar-refractivity contribution in [3.63, 3.8) is 0 Å². The van der Waals surface area contributed by atoms with Gasteiger partial charge in [-0.1, -0.05) is 29.4 Å². The van der Waals surface area contributed by atoms with Gasteiger partial charge in [0.2, 0.25) is 0 Å². The van der Waals surface area contributed by atoms with Crippen molar-refractivity contribution in [1.29, 1.82) is 0 Å². The Morgan fingerprint density at radius 3 is 2.60 bits per heavy atom. The van der Waals surface area contributed by atoms with Gasteiger partial charge in [-0.05, 0) is 30.7 Å². The number of ether oxygens (including phenoxy) is 2. The molecule has 0 radical (unpaired) electrons. The van der Waals surface area contributed by atoms with E-state index in [1.165, 1.54) is 0 Å². The van der Waals surface area contributed by atoms with Crippen molar-refractivity contribution in [2.45, 2.75) is 6.92 Å². The maximum Gasteiger partial charge on any atom is 0.172 e. The smallest absolute Gasteiger partial charge is 0.172 e. The molecule has 7 heteroatoms. The van der Waals surface area contributed by atoms with Crippen LogP contribution in [-0.4, -0.2) is 51.8 Å². The molecule has 158 valence electrons. The van der Waals surface area contributed by atoms with E-state index in [0.29, 0.717) is 19.1 Å². The first-order valence-electron chi connectivity index (χ1n) is 10.3. The van der Waals surface area contributed by atoms with Gasteiger partial charge in [0.15, 0.2) is 11.6 Å². The predicted molar refractivity (Wildman–Crippen MR) is 119 cm³/mol. The van der Waals surface area contributed by atoms with E-state index in [2.05, 4.69) is 38.9 Å². The molecule has 0 atom stereocenters. The molecule has 2 heterocycles. The van der Waals surface area contributed by atoms with Crippen LogP contribution in [0.5, 0.6) is 5.75 Å². The van der Waals surface area contributed by atoms with Crippen molar-refractivity contribution in [2.75, 3.05) is 56.8 Å². The van der Waals surface area contributed by atoms with E-state index < -0.39 is 0 Å². The van der Waals surface area contributed by atoms with Gasteiger partial charge >= 0.3 is 0 Å². The lowest BCUT2D eigenvalue weighted by Crippen LogP contribution is -2.43. The second kappa shape index (κ2) is 9.65. The van der Waals surface area contributed by atoms with Gasteiger partial charge in [0, 0.05) is 50.1 Å². The van der Waals surface area contributed by atoms with Gasteiger partial charge < -0.3 is 29.5 Å². The van der Waals surface area contributed by atoms with Gasteiger partial charge in [-0.15, -0.1) is 0 Å². The molecule has 1 aliphatic rings. The maximum atomic E-state index is 5.80. The average Bonchev–Trinajstić information content (AvgIpc) is 3.30.